The summed E-state index contributed by atoms with van der Waals surface area (Å²) in [7, 11) is 1.65. The molecule has 0 aliphatic carbocycles. The fraction of sp³-hybridized carbons (Fsp3) is 0.308. The molecule has 46 heavy (non-hydrogen) atoms. The Morgan fingerprint density at radius 1 is 0.761 bits per heavy atom. The summed E-state index contributed by atoms with van der Waals surface area (Å²) in [6.45, 7) is 3.60. The molecule has 0 saturated heterocycles. The standard InChI is InChI=1S/C39H45NO6/c1-44-39-26-31(19-22-38(39)46-30-33-17-8-5-9-18-33)14-10-13-25-45-24-12-3-2-11-23-40(28-32-15-6-4-7-16-32)29-37(43)34-20-21-35(41)36(42)27-34/h4-10,14-22,26-27,41-42H,2-3,11-13,23-25,28-30H2,1H3. The van der Waals surface area contributed by atoms with Crippen LogP contribution in [0.25, 0.3) is 6.08 Å². The second-order valence-corrected chi connectivity index (χ2v) is 11.2. The molecular formula is C39H45NO6. The summed E-state index contributed by atoms with van der Waals surface area (Å²) in [5, 5.41) is 19.4. The number of Topliss-reactive ketones (excluding diaryl/α,β-unsaturated/α-hetero) is 1. The average Bonchev–Trinajstić information content (AvgIpc) is 3.08. The quantitative estimate of drug-likeness (QED) is 0.0585. The Morgan fingerprint density at radius 2 is 1.50 bits per heavy atom. The number of rotatable bonds is 20. The van der Waals surface area contributed by atoms with Crippen LogP contribution in [0.2, 0.25) is 0 Å². The highest BCUT2D eigenvalue weighted by Gasteiger charge is 2.15. The first kappa shape index (κ1) is 34.3. The Labute approximate surface area is 272 Å². The molecule has 0 aliphatic heterocycles. The van der Waals surface area contributed by atoms with Gasteiger partial charge in [0.2, 0.25) is 0 Å². The van der Waals surface area contributed by atoms with E-state index in [0.29, 0.717) is 31.1 Å². The number of hydrogen-bond donors (Lipinski definition) is 2. The van der Waals surface area contributed by atoms with Gasteiger partial charge in [-0.1, -0.05) is 91.7 Å². The number of phenolic OH excluding ortho intramolecular Hbond substituents is 2. The molecule has 242 valence electrons. The van der Waals surface area contributed by atoms with E-state index in [-0.39, 0.29) is 23.8 Å². The number of benzene rings is 4. The van der Waals surface area contributed by atoms with Crippen molar-refractivity contribution in [2.45, 2.75) is 45.3 Å². The fourth-order valence-electron chi connectivity index (χ4n) is 5.06. The molecular weight excluding hydrogens is 578 g/mol. The molecule has 0 saturated carbocycles. The Hall–Kier alpha value is -4.59. The number of hydrogen-bond acceptors (Lipinski definition) is 7. The van der Waals surface area contributed by atoms with Crippen molar-refractivity contribution in [1.29, 1.82) is 0 Å². The van der Waals surface area contributed by atoms with Crippen molar-refractivity contribution in [3.63, 3.8) is 0 Å². The topological polar surface area (TPSA) is 88.5 Å². The van der Waals surface area contributed by atoms with E-state index in [1.54, 1.807) is 13.2 Å². The summed E-state index contributed by atoms with van der Waals surface area (Å²) in [6.07, 6.45) is 9.10. The van der Waals surface area contributed by atoms with Gasteiger partial charge >= 0.3 is 0 Å². The molecule has 4 aromatic rings. The number of ether oxygens (including phenoxy) is 3. The van der Waals surface area contributed by atoms with Gasteiger partial charge < -0.3 is 24.4 Å². The molecule has 4 rings (SSSR count). The Morgan fingerprint density at radius 3 is 2.24 bits per heavy atom. The smallest absolute Gasteiger partial charge is 0.176 e. The highest BCUT2D eigenvalue weighted by atomic mass is 16.5. The zero-order valence-electron chi connectivity index (χ0n) is 26.6. The van der Waals surface area contributed by atoms with Crippen LogP contribution >= 0.6 is 0 Å². The molecule has 0 amide bonds. The second kappa shape index (κ2) is 19.0. The van der Waals surface area contributed by atoms with Crippen LogP contribution < -0.4 is 9.47 Å². The third-order valence-electron chi connectivity index (χ3n) is 7.59. The maximum atomic E-state index is 12.9. The molecule has 0 spiro atoms. The van der Waals surface area contributed by atoms with E-state index in [1.165, 1.54) is 12.1 Å². The van der Waals surface area contributed by atoms with Gasteiger partial charge in [0.15, 0.2) is 28.8 Å². The highest BCUT2D eigenvalue weighted by Crippen LogP contribution is 2.29. The van der Waals surface area contributed by atoms with Crippen LogP contribution in [0.5, 0.6) is 23.0 Å². The number of ketones is 1. The Balaban J connectivity index is 1.11. The van der Waals surface area contributed by atoms with Crippen LogP contribution in [-0.4, -0.2) is 54.3 Å². The molecule has 7 heteroatoms. The van der Waals surface area contributed by atoms with Crippen LogP contribution in [0.15, 0.2) is 103 Å². The minimum Gasteiger partial charge on any atom is -0.504 e. The lowest BCUT2D eigenvalue weighted by Crippen LogP contribution is -2.30. The van der Waals surface area contributed by atoms with E-state index in [9.17, 15) is 15.0 Å². The van der Waals surface area contributed by atoms with E-state index in [1.807, 2.05) is 66.7 Å². The summed E-state index contributed by atoms with van der Waals surface area (Å²) in [5.41, 5.74) is 3.70. The normalized spacial score (nSPS) is 11.3. The van der Waals surface area contributed by atoms with Crippen LogP contribution in [0, 0.1) is 0 Å². The van der Waals surface area contributed by atoms with Crippen molar-refractivity contribution in [3.8, 4) is 23.0 Å². The molecule has 0 bridgehead atoms. The summed E-state index contributed by atoms with van der Waals surface area (Å²) < 4.78 is 17.3. The molecule has 7 nitrogen and oxygen atoms in total. The van der Waals surface area contributed by atoms with Crippen molar-refractivity contribution in [1.82, 2.24) is 4.90 Å². The van der Waals surface area contributed by atoms with Crippen LogP contribution in [0.3, 0.4) is 0 Å². The molecule has 0 aromatic heterocycles. The van der Waals surface area contributed by atoms with Crippen molar-refractivity contribution in [3.05, 3.63) is 125 Å². The van der Waals surface area contributed by atoms with Gasteiger partial charge in [0, 0.05) is 18.7 Å². The third kappa shape index (κ3) is 11.7. The zero-order valence-corrected chi connectivity index (χ0v) is 26.6. The highest BCUT2D eigenvalue weighted by molar-refractivity contribution is 5.98. The van der Waals surface area contributed by atoms with E-state index in [2.05, 4.69) is 29.2 Å². The van der Waals surface area contributed by atoms with Crippen molar-refractivity contribution in [2.24, 2.45) is 0 Å². The Kier molecular flexibility index (Phi) is 14.2. The van der Waals surface area contributed by atoms with Gasteiger partial charge in [0.05, 0.1) is 20.3 Å². The van der Waals surface area contributed by atoms with Gasteiger partial charge in [0.25, 0.3) is 0 Å². The van der Waals surface area contributed by atoms with Crippen LogP contribution in [0.1, 0.15) is 59.2 Å². The predicted octanol–water partition coefficient (Wildman–Crippen LogP) is 8.05. The number of unbranched alkanes of at least 4 members (excludes halogenated alkanes) is 3. The molecule has 0 radical (unpaired) electrons. The number of carbonyl (C=O) groups excluding carboxylic acids is 1. The summed E-state index contributed by atoms with van der Waals surface area (Å²) in [5.74, 6) is 0.833. The average molecular weight is 624 g/mol. The predicted molar refractivity (Wildman–Crippen MR) is 183 cm³/mol. The number of carbonyl (C=O) groups is 1. The lowest BCUT2D eigenvalue weighted by atomic mass is 10.1. The number of methoxy groups -OCH3 is 1. The summed E-state index contributed by atoms with van der Waals surface area (Å²) in [6, 6.07) is 30.3. The van der Waals surface area contributed by atoms with Gasteiger partial charge in [-0.25, -0.2) is 0 Å². The van der Waals surface area contributed by atoms with Crippen molar-refractivity contribution < 1.29 is 29.2 Å². The first-order valence-corrected chi connectivity index (χ1v) is 15.9. The first-order valence-electron chi connectivity index (χ1n) is 15.9. The zero-order chi connectivity index (χ0) is 32.4. The molecule has 0 aliphatic rings. The fourth-order valence-corrected chi connectivity index (χ4v) is 5.06. The van der Waals surface area contributed by atoms with Gasteiger partial charge in [-0.3, -0.25) is 9.69 Å². The number of nitrogens with zero attached hydrogens (tertiary/aromatic N) is 1. The molecule has 0 fully saturated rings. The lowest BCUT2D eigenvalue weighted by molar-refractivity contribution is 0.0923. The summed E-state index contributed by atoms with van der Waals surface area (Å²) >= 11 is 0. The number of phenols is 2. The largest absolute Gasteiger partial charge is 0.504 e. The van der Waals surface area contributed by atoms with Crippen LogP contribution in [0.4, 0.5) is 0 Å². The van der Waals surface area contributed by atoms with Crippen molar-refractivity contribution >= 4 is 11.9 Å². The lowest BCUT2D eigenvalue weighted by Gasteiger charge is -2.22. The first-order chi connectivity index (χ1) is 22.5. The van der Waals surface area contributed by atoms with Gasteiger partial charge in [-0.15, -0.1) is 0 Å². The molecule has 0 heterocycles. The van der Waals surface area contributed by atoms with E-state index >= 15 is 0 Å². The van der Waals surface area contributed by atoms with Gasteiger partial charge in [0.1, 0.15) is 6.61 Å². The van der Waals surface area contributed by atoms with E-state index < -0.39 is 0 Å². The van der Waals surface area contributed by atoms with Gasteiger partial charge in [-0.05, 0) is 72.8 Å². The third-order valence-corrected chi connectivity index (χ3v) is 7.59. The maximum absolute atomic E-state index is 12.9. The van der Waals surface area contributed by atoms with E-state index in [0.717, 1.165) is 67.7 Å². The number of aromatic hydroxyl groups is 2. The minimum absolute atomic E-state index is 0.0855. The molecule has 0 unspecified atom stereocenters. The maximum Gasteiger partial charge on any atom is 0.176 e. The van der Waals surface area contributed by atoms with Gasteiger partial charge in [-0.2, -0.15) is 0 Å². The molecule has 4 aromatic carbocycles. The minimum atomic E-state index is -0.282. The second-order valence-electron chi connectivity index (χ2n) is 11.2. The molecule has 0 atom stereocenters. The summed E-state index contributed by atoms with van der Waals surface area (Å²) in [4.78, 5) is 15.1. The Bertz CT molecular complexity index is 1510. The SMILES string of the molecule is COc1cc(C=CCCOCCCCCCN(CC(=O)c2ccc(O)c(O)c2)Cc2ccccc2)ccc1OCc1ccccc1. The van der Waals surface area contributed by atoms with E-state index in [4.69, 9.17) is 14.2 Å². The monoisotopic (exact) mass is 623 g/mol. The van der Waals surface area contributed by atoms with Crippen LogP contribution in [-0.2, 0) is 17.9 Å². The van der Waals surface area contributed by atoms with Crippen molar-refractivity contribution in [2.75, 3.05) is 33.4 Å². The molecule has 2 N–H and O–H groups in total.